The molecule has 0 aromatic rings. The van der Waals surface area contributed by atoms with Crippen LogP contribution in [-0.2, 0) is 19.2 Å². The van der Waals surface area contributed by atoms with Gasteiger partial charge in [-0.1, -0.05) is 79.3 Å². The molecule has 2 aliphatic heterocycles. The van der Waals surface area contributed by atoms with E-state index in [-0.39, 0.29) is 29.9 Å². The predicted octanol–water partition coefficient (Wildman–Crippen LogP) is 4.20. The minimum atomic E-state index is -0.952. The molecule has 6 heteroatoms. The van der Waals surface area contributed by atoms with E-state index in [1.807, 2.05) is 27.7 Å². The molecule has 2 rings (SSSR count). The Morgan fingerprint density at radius 1 is 0.966 bits per heavy atom. The molecule has 0 bridgehead atoms. The van der Waals surface area contributed by atoms with Crippen molar-refractivity contribution in [3.8, 4) is 0 Å². The number of allylic oxidation sites excluding steroid dienone is 2. The molecule has 1 saturated heterocycles. The second-order valence-electron chi connectivity index (χ2n) is 5.66. The quantitative estimate of drug-likeness (QED) is 0.520. The molecule has 0 saturated carbocycles. The zero-order valence-corrected chi connectivity index (χ0v) is 18.9. The monoisotopic (exact) mass is 404 g/mol. The van der Waals surface area contributed by atoms with Gasteiger partial charge in [0.05, 0.1) is 11.1 Å². The molecule has 0 aromatic heterocycles. The summed E-state index contributed by atoms with van der Waals surface area (Å²) in [5, 5.41) is 0. The molecule has 1 fully saturated rings. The SMILES string of the molecule is C=C/C=C\C1=C(C=C)C(=O)N(C2CCC(=O)N(C)C2=O)C1=O.CC.CC.CCC. The highest BCUT2D eigenvalue weighted by molar-refractivity contribution is 6.23. The summed E-state index contributed by atoms with van der Waals surface area (Å²) in [4.78, 5) is 50.5. The van der Waals surface area contributed by atoms with Crippen molar-refractivity contribution in [2.45, 2.75) is 66.8 Å². The van der Waals surface area contributed by atoms with Crippen molar-refractivity contribution in [2.24, 2.45) is 0 Å². The minimum absolute atomic E-state index is 0.116. The van der Waals surface area contributed by atoms with E-state index in [9.17, 15) is 19.2 Å². The zero-order chi connectivity index (χ0) is 23.1. The van der Waals surface area contributed by atoms with E-state index < -0.39 is 23.8 Å². The average molecular weight is 405 g/mol. The van der Waals surface area contributed by atoms with Gasteiger partial charge in [0.1, 0.15) is 6.04 Å². The van der Waals surface area contributed by atoms with Crippen LogP contribution < -0.4 is 0 Å². The number of carbonyl (C=O) groups is 4. The molecule has 29 heavy (non-hydrogen) atoms. The second kappa shape index (κ2) is 15.2. The number of hydrogen-bond acceptors (Lipinski definition) is 4. The van der Waals surface area contributed by atoms with Crippen molar-refractivity contribution in [1.29, 1.82) is 0 Å². The molecule has 4 amide bonds. The fraction of sp³-hybridized carbons (Fsp3) is 0.478. The lowest BCUT2D eigenvalue weighted by Gasteiger charge is -2.32. The molecule has 0 N–H and O–H groups in total. The van der Waals surface area contributed by atoms with Gasteiger partial charge >= 0.3 is 0 Å². The van der Waals surface area contributed by atoms with E-state index in [0.717, 1.165) is 9.80 Å². The third-order valence-corrected chi connectivity index (χ3v) is 3.72. The summed E-state index contributed by atoms with van der Waals surface area (Å²) in [5.41, 5.74) is 0.322. The molecule has 6 nitrogen and oxygen atoms in total. The van der Waals surface area contributed by atoms with E-state index >= 15 is 0 Å². The summed E-state index contributed by atoms with van der Waals surface area (Å²) in [5.74, 6) is -1.98. The van der Waals surface area contributed by atoms with Crippen LogP contribution in [0.5, 0.6) is 0 Å². The van der Waals surface area contributed by atoms with Gasteiger partial charge in [0.15, 0.2) is 0 Å². The largest absolute Gasteiger partial charge is 0.284 e. The highest BCUT2D eigenvalue weighted by atomic mass is 16.2. The highest BCUT2D eigenvalue weighted by Crippen LogP contribution is 2.28. The van der Waals surface area contributed by atoms with Crippen molar-refractivity contribution in [2.75, 3.05) is 7.05 Å². The Bertz CT molecular complexity index is 674. The molecule has 2 heterocycles. The summed E-state index contributed by atoms with van der Waals surface area (Å²) in [6.45, 7) is 19.3. The number of imide groups is 2. The van der Waals surface area contributed by atoms with Gasteiger partial charge in [-0.15, -0.1) is 0 Å². The Kier molecular flexibility index (Phi) is 14.9. The van der Waals surface area contributed by atoms with Crippen LogP contribution in [-0.4, -0.2) is 46.5 Å². The fourth-order valence-corrected chi connectivity index (χ4v) is 2.53. The topological polar surface area (TPSA) is 74.8 Å². The van der Waals surface area contributed by atoms with Crippen LogP contribution in [0.2, 0.25) is 0 Å². The predicted molar refractivity (Wildman–Crippen MR) is 118 cm³/mol. The standard InChI is InChI=1S/C16H16N2O4.C3H8.2C2H6/c1-4-6-7-11-10(5-2)14(20)18(15(11)21)12-8-9-13(19)17(3)16(12)22;1-3-2;2*1-2/h4-7,12H,1-2,8-9H2,3H3;3H2,1-2H3;2*1-2H3/b7-6-;;;. The first-order valence-corrected chi connectivity index (χ1v) is 10.2. The maximum Gasteiger partial charge on any atom is 0.262 e. The molecule has 0 aromatic carbocycles. The summed E-state index contributed by atoms with van der Waals surface area (Å²) in [6, 6.07) is -0.952. The van der Waals surface area contributed by atoms with E-state index in [0.29, 0.717) is 0 Å². The zero-order valence-electron chi connectivity index (χ0n) is 18.9. The number of nitrogens with zero attached hydrogens (tertiary/aromatic N) is 2. The molecular weight excluding hydrogens is 368 g/mol. The number of rotatable bonds is 4. The van der Waals surface area contributed by atoms with E-state index in [1.54, 1.807) is 0 Å². The highest BCUT2D eigenvalue weighted by Gasteiger charge is 2.46. The van der Waals surface area contributed by atoms with E-state index in [4.69, 9.17) is 0 Å². The lowest BCUT2D eigenvalue weighted by molar-refractivity contribution is -0.157. The van der Waals surface area contributed by atoms with E-state index in [2.05, 4.69) is 27.0 Å². The Morgan fingerprint density at radius 2 is 1.45 bits per heavy atom. The second-order valence-corrected chi connectivity index (χ2v) is 5.66. The van der Waals surface area contributed by atoms with Gasteiger partial charge in [-0.05, 0) is 12.5 Å². The third-order valence-electron chi connectivity index (χ3n) is 3.72. The lowest BCUT2D eigenvalue weighted by Crippen LogP contribution is -2.55. The van der Waals surface area contributed by atoms with Gasteiger partial charge in [-0.3, -0.25) is 29.0 Å². The first kappa shape index (κ1) is 28.4. The van der Waals surface area contributed by atoms with Gasteiger partial charge in [0.2, 0.25) is 5.91 Å². The van der Waals surface area contributed by atoms with Crippen LogP contribution in [0, 0.1) is 0 Å². The lowest BCUT2D eigenvalue weighted by atomic mass is 10.0. The Balaban J connectivity index is 0. The summed E-state index contributed by atoms with van der Waals surface area (Å²) in [7, 11) is 1.35. The third kappa shape index (κ3) is 6.97. The minimum Gasteiger partial charge on any atom is -0.284 e. The molecular formula is C23H36N2O4. The van der Waals surface area contributed by atoms with E-state index in [1.165, 1.54) is 37.8 Å². The van der Waals surface area contributed by atoms with Crippen molar-refractivity contribution < 1.29 is 19.2 Å². The number of amides is 4. The summed E-state index contributed by atoms with van der Waals surface area (Å²) < 4.78 is 0. The van der Waals surface area contributed by atoms with Gasteiger partial charge in [0, 0.05) is 13.5 Å². The van der Waals surface area contributed by atoms with Gasteiger partial charge < -0.3 is 0 Å². The number of piperidine rings is 1. The average Bonchev–Trinajstić information content (AvgIpc) is 2.97. The Labute approximate surface area is 175 Å². The summed E-state index contributed by atoms with van der Waals surface area (Å²) >= 11 is 0. The van der Waals surface area contributed by atoms with Gasteiger partial charge in [-0.25, -0.2) is 0 Å². The Morgan fingerprint density at radius 3 is 1.90 bits per heavy atom. The Hall–Kier alpha value is -2.76. The number of likely N-dealkylation sites (tertiary alicyclic amines) is 1. The van der Waals surface area contributed by atoms with Gasteiger partial charge in [-0.2, -0.15) is 0 Å². The molecule has 1 atom stereocenters. The van der Waals surface area contributed by atoms with Crippen LogP contribution in [0.4, 0.5) is 0 Å². The number of carbonyl (C=O) groups excluding carboxylic acids is 4. The van der Waals surface area contributed by atoms with Crippen LogP contribution >= 0.6 is 0 Å². The van der Waals surface area contributed by atoms with Crippen LogP contribution in [0.3, 0.4) is 0 Å². The van der Waals surface area contributed by atoms with Crippen LogP contribution in [0.25, 0.3) is 0 Å². The molecule has 0 radical (unpaired) electrons. The van der Waals surface area contributed by atoms with Crippen molar-refractivity contribution in [3.05, 3.63) is 48.6 Å². The van der Waals surface area contributed by atoms with Crippen LogP contribution in [0.15, 0.2) is 48.6 Å². The summed E-state index contributed by atoms with van der Waals surface area (Å²) in [6.07, 6.45) is 7.28. The van der Waals surface area contributed by atoms with Crippen molar-refractivity contribution in [3.63, 3.8) is 0 Å². The van der Waals surface area contributed by atoms with Crippen molar-refractivity contribution in [1.82, 2.24) is 9.80 Å². The van der Waals surface area contributed by atoms with Crippen LogP contribution in [0.1, 0.15) is 60.8 Å². The smallest absolute Gasteiger partial charge is 0.262 e. The number of hydrogen-bond donors (Lipinski definition) is 0. The first-order valence-electron chi connectivity index (χ1n) is 10.2. The maximum atomic E-state index is 12.5. The molecule has 162 valence electrons. The molecule has 0 spiro atoms. The molecule has 2 aliphatic rings. The maximum absolute atomic E-state index is 12.5. The normalized spacial score (nSPS) is 18.5. The number of likely N-dealkylation sites (N-methyl/N-ethyl adjacent to an activating group) is 1. The van der Waals surface area contributed by atoms with Crippen molar-refractivity contribution >= 4 is 23.6 Å². The fourth-order valence-electron chi connectivity index (χ4n) is 2.53. The van der Waals surface area contributed by atoms with Gasteiger partial charge in [0.25, 0.3) is 17.7 Å². The molecule has 1 unspecified atom stereocenters. The molecule has 0 aliphatic carbocycles. The first-order chi connectivity index (χ1) is 13.8.